The molecule has 1 heterocycles. The van der Waals surface area contributed by atoms with Crippen LogP contribution in [-0.2, 0) is 11.8 Å². The zero-order valence-corrected chi connectivity index (χ0v) is 14.5. The third kappa shape index (κ3) is 4.69. The van der Waals surface area contributed by atoms with Gasteiger partial charge in [0.05, 0.1) is 0 Å². The summed E-state index contributed by atoms with van der Waals surface area (Å²) in [5.74, 6) is 0. The standard InChI is InChI=1S/C19H27NS/c1-5-20-18(13-12-17-7-6-14-21-17)15-8-10-16(11-9-15)19(2,3)4/h6-11,14,18,20H,5,12-13H2,1-4H3. The number of nitrogens with one attached hydrogen (secondary N) is 1. The molecule has 0 spiro atoms. The summed E-state index contributed by atoms with van der Waals surface area (Å²) < 4.78 is 0. The fraction of sp³-hybridized carbons (Fsp3) is 0.474. The molecule has 0 fully saturated rings. The third-order valence-electron chi connectivity index (χ3n) is 3.89. The van der Waals surface area contributed by atoms with Crippen molar-refractivity contribution in [2.24, 2.45) is 0 Å². The molecule has 1 unspecified atom stereocenters. The van der Waals surface area contributed by atoms with Gasteiger partial charge in [0, 0.05) is 10.9 Å². The van der Waals surface area contributed by atoms with Crippen LogP contribution in [0.5, 0.6) is 0 Å². The van der Waals surface area contributed by atoms with Crippen molar-refractivity contribution in [2.45, 2.75) is 52.0 Å². The second-order valence-electron chi connectivity index (χ2n) is 6.60. The number of aryl methyl sites for hydroxylation is 1. The highest BCUT2D eigenvalue weighted by molar-refractivity contribution is 7.09. The topological polar surface area (TPSA) is 12.0 Å². The molecule has 2 heteroatoms. The van der Waals surface area contributed by atoms with E-state index in [0.717, 1.165) is 19.4 Å². The Labute approximate surface area is 133 Å². The minimum absolute atomic E-state index is 0.225. The molecule has 0 amide bonds. The summed E-state index contributed by atoms with van der Waals surface area (Å²) in [5, 5.41) is 5.79. The second kappa shape index (κ2) is 7.24. The monoisotopic (exact) mass is 301 g/mol. The van der Waals surface area contributed by atoms with E-state index in [1.807, 2.05) is 11.3 Å². The van der Waals surface area contributed by atoms with Gasteiger partial charge in [-0.15, -0.1) is 11.3 Å². The molecule has 0 saturated heterocycles. The van der Waals surface area contributed by atoms with Crippen LogP contribution in [0.1, 0.15) is 56.2 Å². The molecule has 1 aromatic heterocycles. The molecule has 2 aromatic rings. The van der Waals surface area contributed by atoms with E-state index < -0.39 is 0 Å². The number of benzene rings is 1. The molecule has 114 valence electrons. The Balaban J connectivity index is 2.06. The molecule has 21 heavy (non-hydrogen) atoms. The molecule has 0 bridgehead atoms. The number of hydrogen-bond acceptors (Lipinski definition) is 2. The van der Waals surface area contributed by atoms with Crippen molar-refractivity contribution >= 4 is 11.3 Å². The van der Waals surface area contributed by atoms with Gasteiger partial charge < -0.3 is 5.32 Å². The Morgan fingerprint density at radius 3 is 2.33 bits per heavy atom. The van der Waals surface area contributed by atoms with E-state index in [4.69, 9.17) is 0 Å². The summed E-state index contributed by atoms with van der Waals surface area (Å²) in [7, 11) is 0. The smallest absolute Gasteiger partial charge is 0.0323 e. The molecule has 1 aromatic carbocycles. The summed E-state index contributed by atoms with van der Waals surface area (Å²) in [6.07, 6.45) is 2.31. The van der Waals surface area contributed by atoms with E-state index in [2.05, 4.69) is 74.8 Å². The van der Waals surface area contributed by atoms with Gasteiger partial charge in [-0.05, 0) is 47.4 Å². The Morgan fingerprint density at radius 2 is 1.81 bits per heavy atom. The first-order chi connectivity index (χ1) is 10.0. The van der Waals surface area contributed by atoms with E-state index in [-0.39, 0.29) is 5.41 Å². The van der Waals surface area contributed by atoms with Gasteiger partial charge in [-0.2, -0.15) is 0 Å². The first kappa shape index (κ1) is 16.3. The molecule has 0 aliphatic carbocycles. The normalized spacial score (nSPS) is 13.3. The van der Waals surface area contributed by atoms with Gasteiger partial charge in [0.2, 0.25) is 0 Å². The van der Waals surface area contributed by atoms with Crippen LogP contribution in [0.4, 0.5) is 0 Å². The quantitative estimate of drug-likeness (QED) is 0.760. The van der Waals surface area contributed by atoms with Crippen molar-refractivity contribution in [3.8, 4) is 0 Å². The second-order valence-corrected chi connectivity index (χ2v) is 7.63. The van der Waals surface area contributed by atoms with Crippen LogP contribution in [0.15, 0.2) is 41.8 Å². The predicted octanol–water partition coefficient (Wildman–Crippen LogP) is 5.33. The van der Waals surface area contributed by atoms with Crippen molar-refractivity contribution in [1.82, 2.24) is 5.32 Å². The molecule has 0 aliphatic rings. The van der Waals surface area contributed by atoms with Crippen LogP contribution in [0.3, 0.4) is 0 Å². The van der Waals surface area contributed by atoms with Gasteiger partial charge in [0.15, 0.2) is 0 Å². The number of rotatable bonds is 6. The molecular weight excluding hydrogens is 274 g/mol. The van der Waals surface area contributed by atoms with Crippen LogP contribution in [0.2, 0.25) is 0 Å². The zero-order valence-electron chi connectivity index (χ0n) is 13.6. The Morgan fingerprint density at radius 1 is 1.10 bits per heavy atom. The lowest BCUT2D eigenvalue weighted by Crippen LogP contribution is -2.21. The third-order valence-corrected chi connectivity index (χ3v) is 4.83. The minimum atomic E-state index is 0.225. The highest BCUT2D eigenvalue weighted by Crippen LogP contribution is 2.26. The number of thiophene rings is 1. The summed E-state index contributed by atoms with van der Waals surface area (Å²) >= 11 is 1.86. The minimum Gasteiger partial charge on any atom is -0.310 e. The van der Waals surface area contributed by atoms with Crippen molar-refractivity contribution in [3.05, 3.63) is 57.8 Å². The van der Waals surface area contributed by atoms with Crippen molar-refractivity contribution < 1.29 is 0 Å². The van der Waals surface area contributed by atoms with Crippen LogP contribution in [-0.4, -0.2) is 6.54 Å². The van der Waals surface area contributed by atoms with Gasteiger partial charge in [-0.3, -0.25) is 0 Å². The maximum atomic E-state index is 3.62. The average Bonchev–Trinajstić information content (AvgIpc) is 2.96. The number of hydrogen-bond donors (Lipinski definition) is 1. The Hall–Kier alpha value is -1.12. The van der Waals surface area contributed by atoms with Crippen molar-refractivity contribution in [2.75, 3.05) is 6.54 Å². The Kier molecular flexibility index (Phi) is 5.60. The fourth-order valence-electron chi connectivity index (χ4n) is 2.59. The van der Waals surface area contributed by atoms with Gasteiger partial charge in [0.1, 0.15) is 0 Å². The molecule has 1 nitrogen and oxygen atoms in total. The summed E-state index contributed by atoms with van der Waals surface area (Å²) in [6, 6.07) is 14.0. The zero-order chi connectivity index (χ0) is 15.3. The van der Waals surface area contributed by atoms with Crippen LogP contribution in [0, 0.1) is 0 Å². The van der Waals surface area contributed by atoms with Gasteiger partial charge in [0.25, 0.3) is 0 Å². The molecule has 1 N–H and O–H groups in total. The molecular formula is C19H27NS. The SMILES string of the molecule is CCNC(CCc1cccs1)c1ccc(C(C)(C)C)cc1. The van der Waals surface area contributed by atoms with Gasteiger partial charge in [-0.1, -0.05) is 58.0 Å². The molecule has 0 radical (unpaired) electrons. The first-order valence-electron chi connectivity index (χ1n) is 7.87. The molecule has 1 atom stereocenters. The van der Waals surface area contributed by atoms with Crippen molar-refractivity contribution in [1.29, 1.82) is 0 Å². The molecule has 0 aliphatic heterocycles. The van der Waals surface area contributed by atoms with E-state index in [9.17, 15) is 0 Å². The predicted molar refractivity (Wildman–Crippen MR) is 94.2 cm³/mol. The van der Waals surface area contributed by atoms with Gasteiger partial charge in [-0.25, -0.2) is 0 Å². The highest BCUT2D eigenvalue weighted by Gasteiger charge is 2.15. The van der Waals surface area contributed by atoms with E-state index >= 15 is 0 Å². The highest BCUT2D eigenvalue weighted by atomic mass is 32.1. The summed E-state index contributed by atoms with van der Waals surface area (Å²) in [4.78, 5) is 1.48. The Bertz CT molecular complexity index is 520. The van der Waals surface area contributed by atoms with Crippen molar-refractivity contribution in [3.63, 3.8) is 0 Å². The van der Waals surface area contributed by atoms with Crippen LogP contribution < -0.4 is 5.32 Å². The largest absolute Gasteiger partial charge is 0.310 e. The van der Waals surface area contributed by atoms with E-state index in [1.165, 1.54) is 16.0 Å². The lowest BCUT2D eigenvalue weighted by Gasteiger charge is -2.22. The maximum Gasteiger partial charge on any atom is 0.0323 e. The van der Waals surface area contributed by atoms with Crippen LogP contribution >= 0.6 is 11.3 Å². The van der Waals surface area contributed by atoms with Crippen LogP contribution in [0.25, 0.3) is 0 Å². The summed E-state index contributed by atoms with van der Waals surface area (Å²) in [6.45, 7) is 9.99. The summed E-state index contributed by atoms with van der Waals surface area (Å²) in [5.41, 5.74) is 3.03. The van der Waals surface area contributed by atoms with E-state index in [0.29, 0.717) is 6.04 Å². The molecule has 2 rings (SSSR count). The maximum absolute atomic E-state index is 3.62. The molecule has 0 saturated carbocycles. The fourth-order valence-corrected chi connectivity index (χ4v) is 3.31. The lowest BCUT2D eigenvalue weighted by atomic mass is 9.86. The first-order valence-corrected chi connectivity index (χ1v) is 8.75. The van der Waals surface area contributed by atoms with Gasteiger partial charge >= 0.3 is 0 Å². The average molecular weight is 301 g/mol. The lowest BCUT2D eigenvalue weighted by molar-refractivity contribution is 0.516. The van der Waals surface area contributed by atoms with E-state index in [1.54, 1.807) is 0 Å².